The average molecular weight is 284 g/mol. The molecule has 114 valence electrons. The standard InChI is InChI=1S/C14H24N2O4/c1-3-5-16-11-12(15)10-13(16)14(17)20-9-8-19-7-4-6-18-2/h10-11H,3-9,15H2,1-2H3. The molecule has 0 unspecified atom stereocenters. The third-order valence-corrected chi connectivity index (χ3v) is 2.69. The van der Waals surface area contributed by atoms with Crippen LogP contribution in [0.3, 0.4) is 0 Å². The topological polar surface area (TPSA) is 75.7 Å². The van der Waals surface area contributed by atoms with Gasteiger partial charge in [0.25, 0.3) is 0 Å². The zero-order chi connectivity index (χ0) is 14.8. The molecule has 0 aliphatic carbocycles. The Morgan fingerprint density at radius 2 is 2.10 bits per heavy atom. The molecule has 0 bridgehead atoms. The molecule has 1 aromatic heterocycles. The highest BCUT2D eigenvalue weighted by atomic mass is 16.6. The highest BCUT2D eigenvalue weighted by Gasteiger charge is 2.13. The molecule has 0 fully saturated rings. The van der Waals surface area contributed by atoms with Crippen molar-refractivity contribution < 1.29 is 19.0 Å². The van der Waals surface area contributed by atoms with Gasteiger partial charge in [-0.3, -0.25) is 0 Å². The third-order valence-electron chi connectivity index (χ3n) is 2.69. The first kappa shape index (κ1) is 16.5. The molecule has 0 amide bonds. The molecular formula is C14H24N2O4. The third kappa shape index (κ3) is 5.63. The van der Waals surface area contributed by atoms with Gasteiger partial charge in [-0.2, -0.15) is 0 Å². The lowest BCUT2D eigenvalue weighted by molar-refractivity contribution is 0.0278. The number of rotatable bonds is 10. The summed E-state index contributed by atoms with van der Waals surface area (Å²) in [5.41, 5.74) is 6.77. The van der Waals surface area contributed by atoms with Gasteiger partial charge in [0.2, 0.25) is 0 Å². The molecule has 1 rings (SSSR count). The van der Waals surface area contributed by atoms with E-state index in [9.17, 15) is 4.79 Å². The normalized spacial score (nSPS) is 10.7. The summed E-state index contributed by atoms with van der Waals surface area (Å²) in [6, 6.07) is 1.64. The second kappa shape index (κ2) is 9.39. The first-order valence-electron chi connectivity index (χ1n) is 6.88. The quantitative estimate of drug-likeness (QED) is 0.522. The van der Waals surface area contributed by atoms with Gasteiger partial charge in [-0.05, 0) is 18.9 Å². The summed E-state index contributed by atoms with van der Waals surface area (Å²) < 4.78 is 17.2. The molecule has 0 radical (unpaired) electrons. The summed E-state index contributed by atoms with van der Waals surface area (Å²) in [5, 5.41) is 0. The van der Waals surface area contributed by atoms with E-state index in [2.05, 4.69) is 0 Å². The molecule has 0 aromatic carbocycles. The number of ether oxygens (including phenoxy) is 3. The number of hydrogen-bond acceptors (Lipinski definition) is 5. The van der Waals surface area contributed by atoms with Crippen molar-refractivity contribution in [3.63, 3.8) is 0 Å². The number of carbonyl (C=O) groups is 1. The Morgan fingerprint density at radius 1 is 1.30 bits per heavy atom. The molecule has 0 atom stereocenters. The smallest absolute Gasteiger partial charge is 0.355 e. The molecule has 0 saturated heterocycles. The minimum Gasteiger partial charge on any atom is -0.459 e. The minimum atomic E-state index is -0.365. The van der Waals surface area contributed by atoms with Gasteiger partial charge in [0.15, 0.2) is 0 Å². The van der Waals surface area contributed by atoms with Crippen molar-refractivity contribution in [2.75, 3.05) is 39.3 Å². The van der Waals surface area contributed by atoms with Crippen molar-refractivity contribution in [3.05, 3.63) is 18.0 Å². The summed E-state index contributed by atoms with van der Waals surface area (Å²) in [4.78, 5) is 11.9. The number of aromatic nitrogens is 1. The predicted molar refractivity (Wildman–Crippen MR) is 76.7 cm³/mol. The molecule has 1 aromatic rings. The van der Waals surface area contributed by atoms with Crippen molar-refractivity contribution in [2.24, 2.45) is 0 Å². The van der Waals surface area contributed by atoms with Gasteiger partial charge in [-0.1, -0.05) is 6.92 Å². The second-order valence-corrected chi connectivity index (χ2v) is 4.45. The molecule has 6 nitrogen and oxygen atoms in total. The highest BCUT2D eigenvalue weighted by molar-refractivity contribution is 5.89. The largest absolute Gasteiger partial charge is 0.459 e. The monoisotopic (exact) mass is 284 g/mol. The summed E-state index contributed by atoms with van der Waals surface area (Å²) in [6.07, 6.45) is 3.51. The Bertz CT molecular complexity index is 404. The van der Waals surface area contributed by atoms with Crippen LogP contribution in [0.1, 0.15) is 30.3 Å². The van der Waals surface area contributed by atoms with Crippen molar-refractivity contribution in [3.8, 4) is 0 Å². The predicted octanol–water partition coefficient (Wildman–Crippen LogP) is 1.69. The SMILES string of the molecule is CCCn1cc(N)cc1C(=O)OCCOCCCOC. The van der Waals surface area contributed by atoms with E-state index in [1.54, 1.807) is 19.4 Å². The average Bonchev–Trinajstić information content (AvgIpc) is 2.79. The Labute approximate surface area is 119 Å². The van der Waals surface area contributed by atoms with E-state index in [1.807, 2.05) is 11.5 Å². The number of aryl methyl sites for hydroxylation is 1. The lowest BCUT2D eigenvalue weighted by Crippen LogP contribution is -2.15. The first-order chi connectivity index (χ1) is 9.69. The molecule has 2 N–H and O–H groups in total. The van der Waals surface area contributed by atoms with Gasteiger partial charge in [-0.15, -0.1) is 0 Å². The molecule has 20 heavy (non-hydrogen) atoms. The van der Waals surface area contributed by atoms with Crippen LogP contribution in [0.2, 0.25) is 0 Å². The van der Waals surface area contributed by atoms with E-state index >= 15 is 0 Å². The van der Waals surface area contributed by atoms with Crippen molar-refractivity contribution in [1.29, 1.82) is 0 Å². The van der Waals surface area contributed by atoms with Gasteiger partial charge in [0.1, 0.15) is 12.3 Å². The summed E-state index contributed by atoms with van der Waals surface area (Å²) in [7, 11) is 1.65. The van der Waals surface area contributed by atoms with Crippen LogP contribution >= 0.6 is 0 Å². The van der Waals surface area contributed by atoms with E-state index in [0.29, 0.717) is 31.2 Å². The maximum Gasteiger partial charge on any atom is 0.355 e. The fraction of sp³-hybridized carbons (Fsp3) is 0.643. The van der Waals surface area contributed by atoms with Gasteiger partial charge in [-0.25, -0.2) is 4.79 Å². The molecular weight excluding hydrogens is 260 g/mol. The van der Waals surface area contributed by atoms with Gasteiger partial charge < -0.3 is 24.5 Å². The fourth-order valence-corrected chi connectivity index (χ4v) is 1.80. The second-order valence-electron chi connectivity index (χ2n) is 4.45. The van der Waals surface area contributed by atoms with Crippen LogP contribution in [0.25, 0.3) is 0 Å². The van der Waals surface area contributed by atoms with Crippen molar-refractivity contribution >= 4 is 11.7 Å². The lowest BCUT2D eigenvalue weighted by atomic mass is 10.4. The minimum absolute atomic E-state index is 0.239. The summed E-state index contributed by atoms with van der Waals surface area (Å²) >= 11 is 0. The van der Waals surface area contributed by atoms with Crippen LogP contribution in [-0.2, 0) is 20.8 Å². The molecule has 6 heteroatoms. The Morgan fingerprint density at radius 3 is 2.80 bits per heavy atom. The van der Waals surface area contributed by atoms with Gasteiger partial charge in [0, 0.05) is 33.1 Å². The first-order valence-corrected chi connectivity index (χ1v) is 6.88. The molecule has 0 aliphatic heterocycles. The van der Waals surface area contributed by atoms with E-state index < -0.39 is 0 Å². The number of nitrogens with two attached hydrogens (primary N) is 1. The van der Waals surface area contributed by atoms with Gasteiger partial charge in [0.05, 0.1) is 12.3 Å². The number of nitrogen functional groups attached to an aromatic ring is 1. The Kier molecular flexibility index (Phi) is 7.75. The number of hydrogen-bond donors (Lipinski definition) is 1. The molecule has 1 heterocycles. The number of carbonyl (C=O) groups excluding carboxylic acids is 1. The maximum atomic E-state index is 11.9. The summed E-state index contributed by atoms with van der Waals surface area (Å²) in [6.45, 7) is 4.69. The van der Waals surface area contributed by atoms with Crippen LogP contribution < -0.4 is 5.73 Å². The zero-order valence-electron chi connectivity index (χ0n) is 12.3. The number of esters is 1. The number of nitrogens with zero attached hydrogens (tertiary/aromatic N) is 1. The van der Waals surface area contributed by atoms with Crippen LogP contribution in [0.5, 0.6) is 0 Å². The van der Waals surface area contributed by atoms with E-state index in [1.165, 1.54) is 0 Å². The molecule has 0 aliphatic rings. The Balaban J connectivity index is 2.28. The summed E-state index contributed by atoms with van der Waals surface area (Å²) in [5.74, 6) is -0.365. The van der Waals surface area contributed by atoms with E-state index in [0.717, 1.165) is 19.4 Å². The van der Waals surface area contributed by atoms with Gasteiger partial charge >= 0.3 is 5.97 Å². The van der Waals surface area contributed by atoms with E-state index in [-0.39, 0.29) is 12.6 Å². The maximum absolute atomic E-state index is 11.9. The van der Waals surface area contributed by atoms with E-state index in [4.69, 9.17) is 19.9 Å². The van der Waals surface area contributed by atoms with Crippen LogP contribution in [0.15, 0.2) is 12.3 Å². The lowest BCUT2D eigenvalue weighted by Gasteiger charge is -2.08. The number of methoxy groups -OCH3 is 1. The van der Waals surface area contributed by atoms with Crippen molar-refractivity contribution in [2.45, 2.75) is 26.3 Å². The highest BCUT2D eigenvalue weighted by Crippen LogP contribution is 2.12. The van der Waals surface area contributed by atoms with Crippen LogP contribution in [0.4, 0.5) is 5.69 Å². The van der Waals surface area contributed by atoms with Crippen LogP contribution in [-0.4, -0.2) is 44.1 Å². The molecule has 0 spiro atoms. The fourth-order valence-electron chi connectivity index (χ4n) is 1.80. The Hall–Kier alpha value is -1.53. The number of anilines is 1. The molecule has 0 saturated carbocycles. The van der Waals surface area contributed by atoms with Crippen molar-refractivity contribution in [1.82, 2.24) is 4.57 Å². The van der Waals surface area contributed by atoms with Crippen LogP contribution in [0, 0.1) is 0 Å². The zero-order valence-corrected chi connectivity index (χ0v) is 12.3.